The molecule has 2 unspecified atom stereocenters. The van der Waals surface area contributed by atoms with Crippen molar-refractivity contribution in [2.45, 2.75) is 94.0 Å². The molecule has 0 aromatic rings. The summed E-state index contributed by atoms with van der Waals surface area (Å²) in [6.07, 6.45) is 16.7. The second-order valence-electron chi connectivity index (χ2n) is 7.63. The van der Waals surface area contributed by atoms with Crippen LogP contribution in [0.5, 0.6) is 0 Å². The molecule has 0 spiro atoms. The van der Waals surface area contributed by atoms with Crippen LogP contribution in [0.1, 0.15) is 71.1 Å². The fraction of sp³-hybridized carbons (Fsp3) is 1.00. The van der Waals surface area contributed by atoms with E-state index in [0.29, 0.717) is 4.75 Å². The van der Waals surface area contributed by atoms with Crippen molar-refractivity contribution < 1.29 is 0 Å². The Morgan fingerprint density at radius 1 is 1.10 bits per heavy atom. The molecular formula is C18H34N2S. The number of hydrogen-bond donors (Lipinski definition) is 1. The fourth-order valence-corrected chi connectivity index (χ4v) is 5.98. The summed E-state index contributed by atoms with van der Waals surface area (Å²) in [6.45, 7) is 4.87. The molecule has 0 radical (unpaired) electrons. The van der Waals surface area contributed by atoms with Gasteiger partial charge in [-0.25, -0.2) is 0 Å². The van der Waals surface area contributed by atoms with Gasteiger partial charge in [-0.2, -0.15) is 11.8 Å². The molecule has 3 fully saturated rings. The van der Waals surface area contributed by atoms with Crippen molar-refractivity contribution in [3.05, 3.63) is 0 Å². The van der Waals surface area contributed by atoms with E-state index in [1.54, 1.807) is 0 Å². The maximum absolute atomic E-state index is 3.79. The highest BCUT2D eigenvalue weighted by Crippen LogP contribution is 2.44. The maximum atomic E-state index is 3.79. The van der Waals surface area contributed by atoms with Crippen molar-refractivity contribution in [2.75, 3.05) is 19.3 Å². The minimum Gasteiger partial charge on any atom is -0.314 e. The van der Waals surface area contributed by atoms with Crippen molar-refractivity contribution in [3.63, 3.8) is 0 Å². The minimum absolute atomic E-state index is 0.586. The molecule has 3 aliphatic rings. The molecule has 2 aliphatic heterocycles. The fourth-order valence-electron chi connectivity index (χ4n) is 5.00. The van der Waals surface area contributed by atoms with E-state index in [4.69, 9.17) is 0 Å². The van der Waals surface area contributed by atoms with Crippen LogP contribution in [-0.4, -0.2) is 47.1 Å². The summed E-state index contributed by atoms with van der Waals surface area (Å²) >= 11 is 2.18. The summed E-state index contributed by atoms with van der Waals surface area (Å²) in [5.41, 5.74) is 0. The lowest BCUT2D eigenvalue weighted by atomic mass is 9.86. The number of hydrogen-bond acceptors (Lipinski definition) is 3. The van der Waals surface area contributed by atoms with E-state index >= 15 is 0 Å². The quantitative estimate of drug-likeness (QED) is 0.797. The Balaban J connectivity index is 1.59. The van der Waals surface area contributed by atoms with Gasteiger partial charge in [0.2, 0.25) is 0 Å². The van der Waals surface area contributed by atoms with E-state index in [2.05, 4.69) is 35.2 Å². The molecular weight excluding hydrogens is 276 g/mol. The summed E-state index contributed by atoms with van der Waals surface area (Å²) in [6, 6.07) is 2.56. The monoisotopic (exact) mass is 310 g/mol. The van der Waals surface area contributed by atoms with Gasteiger partial charge in [0.05, 0.1) is 0 Å². The molecule has 2 atom stereocenters. The molecule has 2 bridgehead atoms. The molecule has 21 heavy (non-hydrogen) atoms. The molecule has 2 heterocycles. The number of piperidine rings is 1. The Morgan fingerprint density at radius 3 is 2.33 bits per heavy atom. The molecule has 1 N–H and O–H groups in total. The molecule has 2 nitrogen and oxygen atoms in total. The minimum atomic E-state index is 0.586. The molecule has 1 saturated carbocycles. The highest BCUT2D eigenvalue weighted by atomic mass is 32.2. The summed E-state index contributed by atoms with van der Waals surface area (Å²) in [5, 5.41) is 3.79. The van der Waals surface area contributed by atoms with Crippen molar-refractivity contribution in [3.8, 4) is 0 Å². The molecule has 2 saturated heterocycles. The lowest BCUT2D eigenvalue weighted by Gasteiger charge is -2.46. The molecule has 1 aliphatic carbocycles. The molecule has 0 amide bonds. The van der Waals surface area contributed by atoms with Crippen molar-refractivity contribution in [1.29, 1.82) is 0 Å². The molecule has 3 rings (SSSR count). The normalized spacial score (nSPS) is 36.0. The number of fused-ring (bicyclic) bond motifs is 2. The molecule has 0 aromatic carbocycles. The van der Waals surface area contributed by atoms with E-state index in [1.807, 2.05) is 0 Å². The third-order valence-electron chi connectivity index (χ3n) is 6.24. The van der Waals surface area contributed by atoms with Gasteiger partial charge in [0.25, 0.3) is 0 Å². The van der Waals surface area contributed by atoms with Crippen LogP contribution < -0.4 is 5.32 Å². The Hall–Kier alpha value is 0.270. The Bertz CT molecular complexity index is 313. The van der Waals surface area contributed by atoms with Gasteiger partial charge in [-0.05, 0) is 57.7 Å². The first-order valence-electron chi connectivity index (χ1n) is 9.30. The van der Waals surface area contributed by atoms with E-state index in [9.17, 15) is 0 Å². The van der Waals surface area contributed by atoms with Gasteiger partial charge >= 0.3 is 0 Å². The molecule has 122 valence electrons. The standard InChI is InChI=1S/C18H34N2S/c1-3-11-19-15-12-16-7-8-17(13-15)20(16)14-18(21-2)9-5-4-6-10-18/h15-17,19H,3-14H2,1-2H3. The van der Waals surface area contributed by atoms with Crippen molar-refractivity contribution >= 4 is 11.8 Å². The highest BCUT2D eigenvalue weighted by molar-refractivity contribution is 8.00. The Labute approximate surface area is 135 Å². The first kappa shape index (κ1) is 16.1. The lowest BCUT2D eigenvalue weighted by Crippen LogP contribution is -2.53. The van der Waals surface area contributed by atoms with Crippen LogP contribution in [0.3, 0.4) is 0 Å². The third-order valence-corrected chi connectivity index (χ3v) is 7.64. The summed E-state index contributed by atoms with van der Waals surface area (Å²) in [5.74, 6) is 0. The van der Waals surface area contributed by atoms with Gasteiger partial charge < -0.3 is 5.32 Å². The van der Waals surface area contributed by atoms with Crippen LogP contribution in [0, 0.1) is 0 Å². The number of nitrogens with one attached hydrogen (secondary N) is 1. The summed E-state index contributed by atoms with van der Waals surface area (Å²) in [4.78, 5) is 2.94. The second-order valence-corrected chi connectivity index (χ2v) is 8.90. The van der Waals surface area contributed by atoms with E-state index in [0.717, 1.165) is 18.1 Å². The topological polar surface area (TPSA) is 15.3 Å². The van der Waals surface area contributed by atoms with Crippen LogP contribution in [0.2, 0.25) is 0 Å². The Kier molecular flexibility index (Phi) is 5.55. The predicted octanol–water partition coefficient (Wildman–Crippen LogP) is 4.05. The highest BCUT2D eigenvalue weighted by Gasteiger charge is 2.44. The second kappa shape index (κ2) is 7.23. The number of rotatable bonds is 6. The van der Waals surface area contributed by atoms with Crippen molar-refractivity contribution in [1.82, 2.24) is 10.2 Å². The van der Waals surface area contributed by atoms with Gasteiger partial charge in [0.1, 0.15) is 0 Å². The van der Waals surface area contributed by atoms with Crippen LogP contribution in [0.4, 0.5) is 0 Å². The van der Waals surface area contributed by atoms with Gasteiger partial charge in [0.15, 0.2) is 0 Å². The van der Waals surface area contributed by atoms with Crippen molar-refractivity contribution in [2.24, 2.45) is 0 Å². The first-order valence-corrected chi connectivity index (χ1v) is 10.5. The maximum Gasteiger partial charge on any atom is 0.0284 e. The first-order chi connectivity index (χ1) is 10.3. The zero-order valence-electron chi connectivity index (χ0n) is 14.1. The van der Waals surface area contributed by atoms with Crippen LogP contribution in [0.15, 0.2) is 0 Å². The number of nitrogens with zero attached hydrogens (tertiary/aromatic N) is 1. The number of thioether (sulfide) groups is 1. The van der Waals surface area contributed by atoms with Gasteiger partial charge in [-0.1, -0.05) is 26.2 Å². The SMILES string of the molecule is CCCNC1CC2CCC(C1)N2CC1(SC)CCCCC1. The average Bonchev–Trinajstić information content (AvgIpc) is 2.75. The van der Waals surface area contributed by atoms with E-state index in [1.165, 1.54) is 77.3 Å². The molecule has 3 heteroatoms. The van der Waals surface area contributed by atoms with Gasteiger partial charge in [-0.3, -0.25) is 4.90 Å². The van der Waals surface area contributed by atoms with E-state index < -0.39 is 0 Å². The lowest BCUT2D eigenvalue weighted by molar-refractivity contribution is 0.0973. The van der Waals surface area contributed by atoms with Gasteiger partial charge in [0, 0.05) is 29.4 Å². The molecule has 0 aromatic heterocycles. The van der Waals surface area contributed by atoms with E-state index in [-0.39, 0.29) is 0 Å². The zero-order valence-corrected chi connectivity index (χ0v) is 14.9. The summed E-state index contributed by atoms with van der Waals surface area (Å²) in [7, 11) is 0. The average molecular weight is 311 g/mol. The van der Waals surface area contributed by atoms with Crippen LogP contribution in [-0.2, 0) is 0 Å². The predicted molar refractivity (Wildman–Crippen MR) is 94.2 cm³/mol. The third kappa shape index (κ3) is 3.61. The van der Waals surface area contributed by atoms with Gasteiger partial charge in [-0.15, -0.1) is 0 Å². The van der Waals surface area contributed by atoms with Crippen LogP contribution >= 0.6 is 11.8 Å². The zero-order chi connectivity index (χ0) is 14.7. The Morgan fingerprint density at radius 2 is 1.76 bits per heavy atom. The largest absolute Gasteiger partial charge is 0.314 e. The van der Waals surface area contributed by atoms with Crippen LogP contribution in [0.25, 0.3) is 0 Å². The smallest absolute Gasteiger partial charge is 0.0284 e. The summed E-state index contributed by atoms with van der Waals surface area (Å²) < 4.78 is 0.586.